The molecule has 0 aromatic carbocycles. The summed E-state index contributed by atoms with van der Waals surface area (Å²) < 4.78 is 0. The Morgan fingerprint density at radius 3 is 2.94 bits per heavy atom. The van der Waals surface area contributed by atoms with Crippen molar-refractivity contribution in [3.05, 3.63) is 24.0 Å². The number of nitrogens with zero attached hydrogens (tertiary/aromatic N) is 2. The molecular weight excluding hydrogens is 226 g/mol. The zero-order valence-electron chi connectivity index (χ0n) is 11.4. The van der Waals surface area contributed by atoms with E-state index in [-0.39, 0.29) is 11.3 Å². The number of piperidine rings is 1. The Hall–Kier alpha value is -1.58. The van der Waals surface area contributed by atoms with Gasteiger partial charge in [-0.1, -0.05) is 13.8 Å². The Kier molecular flexibility index (Phi) is 3.55. The molecule has 1 saturated heterocycles. The molecule has 1 aromatic heterocycles. The SMILES string of the molecule is CNc1cnccc1C(=O)N1CCCC(C)(C)C1. The summed E-state index contributed by atoms with van der Waals surface area (Å²) in [6.45, 7) is 6.13. The molecule has 4 nitrogen and oxygen atoms in total. The monoisotopic (exact) mass is 247 g/mol. The summed E-state index contributed by atoms with van der Waals surface area (Å²) in [7, 11) is 1.81. The molecule has 0 radical (unpaired) electrons. The summed E-state index contributed by atoms with van der Waals surface area (Å²) in [5.74, 6) is 0.106. The molecule has 98 valence electrons. The van der Waals surface area contributed by atoms with E-state index in [1.165, 1.54) is 6.42 Å². The van der Waals surface area contributed by atoms with Crippen LogP contribution in [0.5, 0.6) is 0 Å². The second-order valence-corrected chi connectivity index (χ2v) is 5.67. The third-order valence-corrected chi connectivity index (χ3v) is 3.51. The number of anilines is 1. The number of likely N-dealkylation sites (tertiary alicyclic amines) is 1. The Balaban J connectivity index is 2.20. The highest BCUT2D eigenvalue weighted by Gasteiger charge is 2.30. The van der Waals surface area contributed by atoms with Crippen molar-refractivity contribution in [3.63, 3.8) is 0 Å². The van der Waals surface area contributed by atoms with Crippen molar-refractivity contribution in [2.75, 3.05) is 25.5 Å². The van der Waals surface area contributed by atoms with E-state index in [1.807, 2.05) is 11.9 Å². The summed E-state index contributed by atoms with van der Waals surface area (Å²) in [6.07, 6.45) is 5.64. The van der Waals surface area contributed by atoms with Gasteiger partial charge >= 0.3 is 0 Å². The van der Waals surface area contributed by atoms with Gasteiger partial charge in [0.25, 0.3) is 5.91 Å². The highest BCUT2D eigenvalue weighted by Crippen LogP contribution is 2.29. The van der Waals surface area contributed by atoms with Crippen molar-refractivity contribution in [2.45, 2.75) is 26.7 Å². The van der Waals surface area contributed by atoms with Crippen LogP contribution in [-0.2, 0) is 0 Å². The molecule has 1 amide bonds. The molecule has 1 fully saturated rings. The van der Waals surface area contributed by atoms with Crippen LogP contribution in [-0.4, -0.2) is 35.9 Å². The van der Waals surface area contributed by atoms with Gasteiger partial charge in [-0.2, -0.15) is 0 Å². The number of carbonyl (C=O) groups is 1. The molecule has 4 heteroatoms. The molecule has 0 saturated carbocycles. The Morgan fingerprint density at radius 2 is 2.28 bits per heavy atom. The van der Waals surface area contributed by atoms with Crippen LogP contribution in [0.25, 0.3) is 0 Å². The molecule has 18 heavy (non-hydrogen) atoms. The normalized spacial score (nSPS) is 18.5. The minimum Gasteiger partial charge on any atom is -0.386 e. The lowest BCUT2D eigenvalue weighted by atomic mass is 9.84. The number of hydrogen-bond acceptors (Lipinski definition) is 3. The zero-order valence-corrected chi connectivity index (χ0v) is 11.4. The maximum Gasteiger partial charge on any atom is 0.256 e. The molecule has 0 unspecified atom stereocenters. The maximum atomic E-state index is 12.5. The molecule has 0 atom stereocenters. The van der Waals surface area contributed by atoms with Gasteiger partial charge in [-0.3, -0.25) is 9.78 Å². The fraction of sp³-hybridized carbons (Fsp3) is 0.571. The summed E-state index contributed by atoms with van der Waals surface area (Å²) in [5, 5.41) is 3.03. The third kappa shape index (κ3) is 2.63. The van der Waals surface area contributed by atoms with Crippen molar-refractivity contribution in [1.29, 1.82) is 0 Å². The van der Waals surface area contributed by atoms with E-state index in [4.69, 9.17) is 0 Å². The van der Waals surface area contributed by atoms with Crippen molar-refractivity contribution in [2.24, 2.45) is 5.41 Å². The average molecular weight is 247 g/mol. The fourth-order valence-electron chi connectivity index (χ4n) is 2.55. The van der Waals surface area contributed by atoms with Gasteiger partial charge in [-0.15, -0.1) is 0 Å². The Bertz CT molecular complexity index is 442. The summed E-state index contributed by atoms with van der Waals surface area (Å²) in [6, 6.07) is 1.79. The van der Waals surface area contributed by atoms with Crippen molar-refractivity contribution < 1.29 is 4.79 Å². The van der Waals surface area contributed by atoms with Crippen LogP contribution in [0.3, 0.4) is 0 Å². The van der Waals surface area contributed by atoms with Crippen LogP contribution in [0, 0.1) is 5.41 Å². The van der Waals surface area contributed by atoms with Crippen LogP contribution < -0.4 is 5.32 Å². The minimum atomic E-state index is 0.106. The van der Waals surface area contributed by atoms with Crippen LogP contribution in [0.2, 0.25) is 0 Å². The van der Waals surface area contributed by atoms with Gasteiger partial charge in [0.1, 0.15) is 0 Å². The van der Waals surface area contributed by atoms with Gasteiger partial charge in [-0.05, 0) is 24.3 Å². The van der Waals surface area contributed by atoms with E-state index >= 15 is 0 Å². The van der Waals surface area contributed by atoms with E-state index in [0.29, 0.717) is 5.56 Å². The number of hydrogen-bond donors (Lipinski definition) is 1. The van der Waals surface area contributed by atoms with E-state index in [1.54, 1.807) is 18.5 Å². The molecule has 1 aliphatic heterocycles. The highest BCUT2D eigenvalue weighted by molar-refractivity contribution is 5.99. The lowest BCUT2D eigenvalue weighted by Crippen LogP contribution is -2.43. The first kappa shape index (κ1) is 12.9. The smallest absolute Gasteiger partial charge is 0.256 e. The van der Waals surface area contributed by atoms with E-state index in [0.717, 1.165) is 25.2 Å². The van der Waals surface area contributed by atoms with Crippen LogP contribution in [0.15, 0.2) is 18.5 Å². The first-order valence-corrected chi connectivity index (χ1v) is 6.44. The van der Waals surface area contributed by atoms with Gasteiger partial charge < -0.3 is 10.2 Å². The summed E-state index contributed by atoms with van der Waals surface area (Å²) in [5.41, 5.74) is 1.73. The summed E-state index contributed by atoms with van der Waals surface area (Å²) >= 11 is 0. The predicted molar refractivity (Wildman–Crippen MR) is 72.7 cm³/mol. The fourth-order valence-corrected chi connectivity index (χ4v) is 2.55. The Morgan fingerprint density at radius 1 is 1.50 bits per heavy atom. The molecule has 0 aliphatic carbocycles. The number of carbonyl (C=O) groups excluding carboxylic acids is 1. The molecule has 0 spiro atoms. The van der Waals surface area contributed by atoms with Crippen molar-refractivity contribution in [1.82, 2.24) is 9.88 Å². The number of aromatic nitrogens is 1. The molecule has 1 aromatic rings. The lowest BCUT2D eigenvalue weighted by Gasteiger charge is -2.38. The maximum absolute atomic E-state index is 12.5. The molecule has 2 heterocycles. The minimum absolute atomic E-state index is 0.106. The van der Waals surface area contributed by atoms with Crippen molar-refractivity contribution >= 4 is 11.6 Å². The molecule has 0 bridgehead atoms. The molecule has 2 rings (SSSR count). The number of nitrogens with one attached hydrogen (secondary N) is 1. The molecule has 1 N–H and O–H groups in total. The average Bonchev–Trinajstić information content (AvgIpc) is 2.36. The second-order valence-electron chi connectivity index (χ2n) is 5.67. The van der Waals surface area contributed by atoms with Crippen LogP contribution in [0.1, 0.15) is 37.0 Å². The van der Waals surface area contributed by atoms with E-state index < -0.39 is 0 Å². The first-order chi connectivity index (χ1) is 8.53. The number of amides is 1. The van der Waals surface area contributed by atoms with Gasteiger partial charge in [0.15, 0.2) is 0 Å². The quantitative estimate of drug-likeness (QED) is 0.872. The summed E-state index contributed by atoms with van der Waals surface area (Å²) in [4.78, 5) is 18.5. The number of rotatable bonds is 2. The standard InChI is InChI=1S/C14H21N3O/c1-14(2)6-4-8-17(10-14)13(18)11-5-7-16-9-12(11)15-3/h5,7,9,15H,4,6,8,10H2,1-3H3. The lowest BCUT2D eigenvalue weighted by molar-refractivity contribution is 0.0584. The number of pyridine rings is 1. The van der Waals surface area contributed by atoms with Gasteiger partial charge in [0, 0.05) is 26.3 Å². The second kappa shape index (κ2) is 4.96. The van der Waals surface area contributed by atoms with E-state index in [9.17, 15) is 4.79 Å². The predicted octanol–water partition coefficient (Wildman–Crippen LogP) is 2.39. The zero-order chi connectivity index (χ0) is 13.2. The first-order valence-electron chi connectivity index (χ1n) is 6.44. The third-order valence-electron chi connectivity index (χ3n) is 3.51. The van der Waals surface area contributed by atoms with Crippen LogP contribution in [0.4, 0.5) is 5.69 Å². The largest absolute Gasteiger partial charge is 0.386 e. The molecular formula is C14H21N3O. The van der Waals surface area contributed by atoms with E-state index in [2.05, 4.69) is 24.1 Å². The van der Waals surface area contributed by atoms with Gasteiger partial charge in [-0.25, -0.2) is 0 Å². The Labute approximate surface area is 108 Å². The van der Waals surface area contributed by atoms with Gasteiger partial charge in [0.2, 0.25) is 0 Å². The highest BCUT2D eigenvalue weighted by atomic mass is 16.2. The van der Waals surface area contributed by atoms with Crippen LogP contribution >= 0.6 is 0 Å². The molecule has 1 aliphatic rings. The van der Waals surface area contributed by atoms with Gasteiger partial charge in [0.05, 0.1) is 17.4 Å². The van der Waals surface area contributed by atoms with Crippen molar-refractivity contribution in [3.8, 4) is 0 Å². The topological polar surface area (TPSA) is 45.2 Å².